The lowest BCUT2D eigenvalue weighted by Gasteiger charge is -2.25. The van der Waals surface area contributed by atoms with Crippen LogP contribution in [0.3, 0.4) is 0 Å². The summed E-state index contributed by atoms with van der Waals surface area (Å²) in [6, 6.07) is 2.50. The van der Waals surface area contributed by atoms with E-state index in [1.807, 2.05) is 19.2 Å². The molecule has 2 atom stereocenters. The van der Waals surface area contributed by atoms with E-state index in [1.165, 1.54) is 0 Å². The monoisotopic (exact) mass is 239 g/mol. The third-order valence-corrected chi connectivity index (χ3v) is 3.81. The number of rotatable bonds is 2. The van der Waals surface area contributed by atoms with Crippen LogP contribution in [-0.4, -0.2) is 24.1 Å². The fraction of sp³-hybridized carbons (Fsp3) is 0.583. The topological polar surface area (TPSA) is 42.2 Å². The molecular weight excluding hydrogens is 222 g/mol. The maximum atomic E-state index is 6.29. The lowest BCUT2D eigenvalue weighted by molar-refractivity contribution is 0.579. The molecule has 1 aromatic rings. The first-order valence-corrected chi connectivity index (χ1v) is 6.09. The van der Waals surface area contributed by atoms with E-state index in [0.717, 1.165) is 35.9 Å². The normalized spacial score (nSPS) is 25.1. The van der Waals surface area contributed by atoms with Gasteiger partial charge < -0.3 is 10.6 Å². The van der Waals surface area contributed by atoms with E-state index < -0.39 is 0 Å². The van der Waals surface area contributed by atoms with Gasteiger partial charge in [-0.15, -0.1) is 0 Å². The van der Waals surface area contributed by atoms with Gasteiger partial charge in [-0.1, -0.05) is 11.6 Å². The largest absolute Gasteiger partial charge is 0.367 e. The Morgan fingerprint density at radius 3 is 3.00 bits per heavy atom. The standard InChI is InChI=1S/C12H18ClN3/c1-8-5-10(6-14)7-16(8)11-3-4-15-9(2)12(11)13/h3-4,8,10H,5-7,14H2,1-2H3. The molecule has 1 aromatic heterocycles. The number of anilines is 1. The van der Waals surface area contributed by atoms with Crippen LogP contribution in [-0.2, 0) is 0 Å². The summed E-state index contributed by atoms with van der Waals surface area (Å²) in [4.78, 5) is 6.53. The van der Waals surface area contributed by atoms with Gasteiger partial charge in [0.05, 0.1) is 16.4 Å². The number of nitrogens with two attached hydrogens (primary N) is 1. The molecule has 1 aliphatic heterocycles. The van der Waals surface area contributed by atoms with Gasteiger partial charge in [0.15, 0.2) is 0 Å². The molecule has 2 N–H and O–H groups in total. The summed E-state index contributed by atoms with van der Waals surface area (Å²) < 4.78 is 0. The zero-order valence-electron chi connectivity index (χ0n) is 9.78. The van der Waals surface area contributed by atoms with Gasteiger partial charge in [0.1, 0.15) is 0 Å². The summed E-state index contributed by atoms with van der Waals surface area (Å²) in [5.74, 6) is 0.583. The van der Waals surface area contributed by atoms with E-state index in [2.05, 4.69) is 16.8 Å². The molecular formula is C12H18ClN3. The first-order chi connectivity index (χ1) is 7.63. The molecule has 0 saturated carbocycles. The minimum absolute atomic E-state index is 0.507. The third kappa shape index (κ3) is 2.02. The van der Waals surface area contributed by atoms with Gasteiger partial charge in [-0.05, 0) is 38.8 Å². The minimum atomic E-state index is 0.507. The summed E-state index contributed by atoms with van der Waals surface area (Å²) in [6.07, 6.45) is 2.97. The Bertz CT molecular complexity index is 381. The van der Waals surface area contributed by atoms with Crippen molar-refractivity contribution in [2.45, 2.75) is 26.3 Å². The van der Waals surface area contributed by atoms with E-state index in [0.29, 0.717) is 12.0 Å². The Morgan fingerprint density at radius 1 is 1.62 bits per heavy atom. The van der Waals surface area contributed by atoms with Crippen molar-refractivity contribution in [1.82, 2.24) is 4.98 Å². The molecule has 0 radical (unpaired) electrons. The van der Waals surface area contributed by atoms with E-state index in [9.17, 15) is 0 Å². The van der Waals surface area contributed by atoms with Crippen molar-refractivity contribution >= 4 is 17.3 Å². The van der Waals surface area contributed by atoms with Crippen molar-refractivity contribution in [2.24, 2.45) is 11.7 Å². The van der Waals surface area contributed by atoms with Crippen molar-refractivity contribution < 1.29 is 0 Å². The van der Waals surface area contributed by atoms with Crippen LogP contribution >= 0.6 is 11.6 Å². The van der Waals surface area contributed by atoms with Crippen LogP contribution in [0.5, 0.6) is 0 Å². The molecule has 1 aliphatic rings. The van der Waals surface area contributed by atoms with E-state index in [1.54, 1.807) is 0 Å². The van der Waals surface area contributed by atoms with Crippen molar-refractivity contribution in [2.75, 3.05) is 18.0 Å². The third-order valence-electron chi connectivity index (χ3n) is 3.35. The molecule has 0 aliphatic carbocycles. The van der Waals surface area contributed by atoms with Crippen LogP contribution in [0.25, 0.3) is 0 Å². The van der Waals surface area contributed by atoms with Crippen LogP contribution < -0.4 is 10.6 Å². The van der Waals surface area contributed by atoms with Crippen LogP contribution in [0.1, 0.15) is 19.0 Å². The van der Waals surface area contributed by atoms with E-state index in [4.69, 9.17) is 17.3 Å². The summed E-state index contributed by atoms with van der Waals surface area (Å²) >= 11 is 6.29. The van der Waals surface area contributed by atoms with Gasteiger partial charge in [0, 0.05) is 18.8 Å². The number of aromatic nitrogens is 1. The Kier molecular flexibility index (Phi) is 3.36. The smallest absolute Gasteiger partial charge is 0.0851 e. The van der Waals surface area contributed by atoms with Crippen LogP contribution in [0.15, 0.2) is 12.3 Å². The van der Waals surface area contributed by atoms with Crippen molar-refractivity contribution in [1.29, 1.82) is 0 Å². The average Bonchev–Trinajstić information content (AvgIpc) is 2.64. The van der Waals surface area contributed by atoms with Gasteiger partial charge in [0.25, 0.3) is 0 Å². The molecule has 4 heteroatoms. The number of halogens is 1. The predicted molar refractivity (Wildman–Crippen MR) is 68.0 cm³/mol. The van der Waals surface area contributed by atoms with Gasteiger partial charge in [-0.25, -0.2) is 0 Å². The van der Waals surface area contributed by atoms with Crippen molar-refractivity contribution in [3.8, 4) is 0 Å². The lowest BCUT2D eigenvalue weighted by Crippen LogP contribution is -2.28. The number of pyridine rings is 1. The molecule has 88 valence electrons. The molecule has 0 spiro atoms. The molecule has 0 amide bonds. The second-order valence-electron chi connectivity index (χ2n) is 4.57. The maximum absolute atomic E-state index is 6.29. The van der Waals surface area contributed by atoms with Gasteiger partial charge >= 0.3 is 0 Å². The fourth-order valence-corrected chi connectivity index (χ4v) is 2.63. The highest BCUT2D eigenvalue weighted by atomic mass is 35.5. The maximum Gasteiger partial charge on any atom is 0.0851 e. The van der Waals surface area contributed by atoms with E-state index >= 15 is 0 Å². The molecule has 16 heavy (non-hydrogen) atoms. The summed E-state index contributed by atoms with van der Waals surface area (Å²) in [7, 11) is 0. The second-order valence-corrected chi connectivity index (χ2v) is 4.95. The van der Waals surface area contributed by atoms with Gasteiger partial charge in [-0.3, -0.25) is 4.98 Å². The van der Waals surface area contributed by atoms with Crippen LogP contribution in [0, 0.1) is 12.8 Å². The van der Waals surface area contributed by atoms with Gasteiger partial charge in [-0.2, -0.15) is 0 Å². The molecule has 1 saturated heterocycles. The number of hydrogen-bond acceptors (Lipinski definition) is 3. The Hall–Kier alpha value is -0.800. The summed E-state index contributed by atoms with van der Waals surface area (Å²) in [5, 5.41) is 0.770. The minimum Gasteiger partial charge on any atom is -0.367 e. The fourth-order valence-electron chi connectivity index (χ4n) is 2.41. The number of nitrogens with zero attached hydrogens (tertiary/aromatic N) is 2. The molecule has 2 rings (SSSR count). The Labute approximate surface area is 102 Å². The molecule has 0 aromatic carbocycles. The van der Waals surface area contributed by atoms with Crippen molar-refractivity contribution in [3.05, 3.63) is 23.0 Å². The Morgan fingerprint density at radius 2 is 2.38 bits per heavy atom. The van der Waals surface area contributed by atoms with Crippen LogP contribution in [0.4, 0.5) is 5.69 Å². The highest BCUT2D eigenvalue weighted by molar-refractivity contribution is 6.33. The molecule has 2 heterocycles. The van der Waals surface area contributed by atoms with Crippen LogP contribution in [0.2, 0.25) is 5.02 Å². The molecule has 2 unspecified atom stereocenters. The first kappa shape index (κ1) is 11.7. The molecule has 0 bridgehead atoms. The first-order valence-electron chi connectivity index (χ1n) is 5.71. The van der Waals surface area contributed by atoms with Crippen molar-refractivity contribution in [3.63, 3.8) is 0 Å². The average molecular weight is 240 g/mol. The predicted octanol–water partition coefficient (Wildman–Crippen LogP) is 2.22. The molecule has 1 fully saturated rings. The SMILES string of the molecule is Cc1nccc(N2CC(CN)CC2C)c1Cl. The quantitative estimate of drug-likeness (QED) is 0.861. The Balaban J connectivity index is 2.28. The number of hydrogen-bond donors (Lipinski definition) is 1. The highest BCUT2D eigenvalue weighted by Gasteiger charge is 2.29. The second kappa shape index (κ2) is 4.60. The highest BCUT2D eigenvalue weighted by Crippen LogP contribution is 2.34. The zero-order chi connectivity index (χ0) is 11.7. The summed E-state index contributed by atoms with van der Waals surface area (Å²) in [6.45, 7) is 5.91. The zero-order valence-corrected chi connectivity index (χ0v) is 10.5. The van der Waals surface area contributed by atoms with Gasteiger partial charge in [0.2, 0.25) is 0 Å². The summed E-state index contributed by atoms with van der Waals surface area (Å²) in [5.41, 5.74) is 7.72. The molecule has 3 nitrogen and oxygen atoms in total. The van der Waals surface area contributed by atoms with E-state index in [-0.39, 0.29) is 0 Å². The number of aryl methyl sites for hydroxylation is 1. The lowest BCUT2D eigenvalue weighted by atomic mass is 10.1.